The van der Waals surface area contributed by atoms with Crippen LogP contribution in [0.25, 0.3) is 0 Å². The molecule has 1 heterocycles. The first-order chi connectivity index (χ1) is 9.33. The summed E-state index contributed by atoms with van der Waals surface area (Å²) in [4.78, 5) is 11.9. The number of carbonyl (C=O) groups excluding carboxylic acids is 1. The summed E-state index contributed by atoms with van der Waals surface area (Å²) in [6.45, 7) is 0. The Balaban J connectivity index is 1.71. The molecule has 0 unspecified atom stereocenters. The van der Waals surface area contributed by atoms with Gasteiger partial charge in [0, 0.05) is 12.0 Å². The molecule has 1 amide bonds. The van der Waals surface area contributed by atoms with E-state index in [1.54, 1.807) is 0 Å². The van der Waals surface area contributed by atoms with Gasteiger partial charge in [-0.3, -0.25) is 4.79 Å². The quantitative estimate of drug-likeness (QED) is 0.912. The lowest BCUT2D eigenvalue weighted by molar-refractivity contribution is -0.123. The molecule has 0 aromatic heterocycles. The topological polar surface area (TPSA) is 38.3 Å². The molecular weight excluding hydrogens is 238 g/mol. The van der Waals surface area contributed by atoms with Gasteiger partial charge in [0.15, 0.2) is 6.23 Å². The highest BCUT2D eigenvalue weighted by Crippen LogP contribution is 2.23. The van der Waals surface area contributed by atoms with Crippen LogP contribution in [0.15, 0.2) is 60.7 Å². The molecule has 96 valence electrons. The third kappa shape index (κ3) is 2.66. The second-order valence-corrected chi connectivity index (χ2v) is 4.61. The average Bonchev–Trinajstić information content (AvgIpc) is 2.82. The number of nitrogens with one attached hydrogen (secondary N) is 1. The van der Waals surface area contributed by atoms with E-state index in [2.05, 4.69) is 5.32 Å². The van der Waals surface area contributed by atoms with Gasteiger partial charge < -0.3 is 10.1 Å². The van der Waals surface area contributed by atoms with E-state index < -0.39 is 6.10 Å². The third-order valence-corrected chi connectivity index (χ3v) is 3.23. The van der Waals surface area contributed by atoms with Gasteiger partial charge in [0.05, 0.1) is 0 Å². The van der Waals surface area contributed by atoms with Crippen molar-refractivity contribution in [3.63, 3.8) is 0 Å². The number of rotatable bonds is 3. The summed E-state index contributed by atoms with van der Waals surface area (Å²) >= 11 is 0. The summed E-state index contributed by atoms with van der Waals surface area (Å²) in [5.41, 5.74) is 2.09. The molecule has 0 spiro atoms. The van der Waals surface area contributed by atoms with Gasteiger partial charge in [-0.25, -0.2) is 0 Å². The van der Waals surface area contributed by atoms with Crippen molar-refractivity contribution in [1.29, 1.82) is 0 Å². The fourth-order valence-corrected chi connectivity index (χ4v) is 2.24. The van der Waals surface area contributed by atoms with Crippen molar-refractivity contribution < 1.29 is 9.53 Å². The summed E-state index contributed by atoms with van der Waals surface area (Å²) < 4.78 is 5.80. The van der Waals surface area contributed by atoms with E-state index in [0.29, 0.717) is 6.42 Å². The van der Waals surface area contributed by atoms with E-state index in [1.165, 1.54) is 0 Å². The Morgan fingerprint density at radius 3 is 2.26 bits per heavy atom. The molecule has 2 aromatic carbocycles. The van der Waals surface area contributed by atoms with Crippen LogP contribution < -0.4 is 5.32 Å². The van der Waals surface area contributed by atoms with Crippen LogP contribution in [0.4, 0.5) is 0 Å². The normalized spacial score (nSPS) is 22.2. The standard InChI is InChI=1S/C16H15NO2/c18-15-14(11-12-7-3-1-4-8-12)19-16(17-15)13-9-5-2-6-10-13/h1-10,14,16H,11H2,(H,17,18)/t14-,16+/m0/s1. The smallest absolute Gasteiger partial charge is 0.251 e. The second kappa shape index (κ2) is 5.24. The highest BCUT2D eigenvalue weighted by Gasteiger charge is 2.33. The summed E-state index contributed by atoms with van der Waals surface area (Å²) in [7, 11) is 0. The SMILES string of the molecule is O=C1N[C@@H](c2ccccc2)O[C@H]1Cc1ccccc1. The molecule has 0 saturated carbocycles. The molecular formula is C16H15NO2. The van der Waals surface area contributed by atoms with Crippen molar-refractivity contribution in [3.8, 4) is 0 Å². The molecule has 1 aliphatic rings. The maximum Gasteiger partial charge on any atom is 0.251 e. The van der Waals surface area contributed by atoms with Gasteiger partial charge in [-0.2, -0.15) is 0 Å². The van der Waals surface area contributed by atoms with Gasteiger partial charge in [0.2, 0.25) is 0 Å². The largest absolute Gasteiger partial charge is 0.341 e. The Morgan fingerprint density at radius 1 is 0.947 bits per heavy atom. The van der Waals surface area contributed by atoms with E-state index in [1.807, 2.05) is 60.7 Å². The van der Waals surface area contributed by atoms with Crippen LogP contribution in [0.1, 0.15) is 17.4 Å². The molecule has 1 saturated heterocycles. The molecule has 0 radical (unpaired) electrons. The number of benzene rings is 2. The minimum absolute atomic E-state index is 0.0438. The zero-order chi connectivity index (χ0) is 13.1. The van der Waals surface area contributed by atoms with Crippen molar-refractivity contribution in [2.75, 3.05) is 0 Å². The molecule has 1 N–H and O–H groups in total. The van der Waals surface area contributed by atoms with Crippen molar-refractivity contribution in [2.45, 2.75) is 18.8 Å². The van der Waals surface area contributed by atoms with Crippen molar-refractivity contribution in [1.82, 2.24) is 5.32 Å². The number of carbonyl (C=O) groups is 1. The predicted octanol–water partition coefficient (Wildman–Crippen LogP) is 2.44. The number of hydrogen-bond acceptors (Lipinski definition) is 2. The monoisotopic (exact) mass is 253 g/mol. The predicted molar refractivity (Wildman–Crippen MR) is 72.3 cm³/mol. The van der Waals surface area contributed by atoms with E-state index in [-0.39, 0.29) is 12.1 Å². The molecule has 19 heavy (non-hydrogen) atoms. The number of amides is 1. The molecule has 3 heteroatoms. The van der Waals surface area contributed by atoms with Crippen molar-refractivity contribution in [3.05, 3.63) is 71.8 Å². The summed E-state index contributed by atoms with van der Waals surface area (Å²) in [5.74, 6) is -0.0438. The van der Waals surface area contributed by atoms with Crippen LogP contribution in [-0.4, -0.2) is 12.0 Å². The van der Waals surface area contributed by atoms with Crippen LogP contribution in [0.5, 0.6) is 0 Å². The first-order valence-electron chi connectivity index (χ1n) is 6.37. The lowest BCUT2D eigenvalue weighted by Crippen LogP contribution is -2.25. The molecule has 1 fully saturated rings. The zero-order valence-electron chi connectivity index (χ0n) is 10.5. The molecule has 3 rings (SSSR count). The van der Waals surface area contributed by atoms with E-state index in [9.17, 15) is 4.79 Å². The highest BCUT2D eigenvalue weighted by atomic mass is 16.5. The first kappa shape index (κ1) is 11.9. The van der Waals surface area contributed by atoms with Gasteiger partial charge in [-0.15, -0.1) is 0 Å². The highest BCUT2D eigenvalue weighted by molar-refractivity contribution is 5.83. The third-order valence-electron chi connectivity index (χ3n) is 3.23. The molecule has 3 nitrogen and oxygen atoms in total. The van der Waals surface area contributed by atoms with Gasteiger partial charge in [-0.1, -0.05) is 60.7 Å². The molecule has 0 bridgehead atoms. The van der Waals surface area contributed by atoms with Gasteiger partial charge >= 0.3 is 0 Å². The van der Waals surface area contributed by atoms with Crippen molar-refractivity contribution in [2.24, 2.45) is 0 Å². The molecule has 2 aromatic rings. The fraction of sp³-hybridized carbons (Fsp3) is 0.188. The van der Waals surface area contributed by atoms with Gasteiger partial charge in [-0.05, 0) is 5.56 Å². The molecule has 0 aliphatic carbocycles. The van der Waals surface area contributed by atoms with Crippen LogP contribution in [0.2, 0.25) is 0 Å². The Labute approximate surface area is 112 Å². The number of hydrogen-bond donors (Lipinski definition) is 1. The Morgan fingerprint density at radius 2 is 1.58 bits per heavy atom. The van der Waals surface area contributed by atoms with Crippen LogP contribution in [0.3, 0.4) is 0 Å². The van der Waals surface area contributed by atoms with Gasteiger partial charge in [0.1, 0.15) is 6.10 Å². The minimum atomic E-state index is -0.410. The maximum absolute atomic E-state index is 11.9. The maximum atomic E-state index is 11.9. The average molecular weight is 253 g/mol. The minimum Gasteiger partial charge on any atom is -0.341 e. The van der Waals surface area contributed by atoms with Crippen LogP contribution in [0, 0.1) is 0 Å². The lowest BCUT2D eigenvalue weighted by atomic mass is 10.1. The number of ether oxygens (including phenoxy) is 1. The van der Waals surface area contributed by atoms with Gasteiger partial charge in [0.25, 0.3) is 5.91 Å². The Kier molecular flexibility index (Phi) is 3.29. The fourth-order valence-electron chi connectivity index (χ4n) is 2.24. The summed E-state index contributed by atoms with van der Waals surface area (Å²) in [6.07, 6.45) is -0.134. The van der Waals surface area contributed by atoms with E-state index >= 15 is 0 Å². The Bertz CT molecular complexity index is 553. The van der Waals surface area contributed by atoms with Crippen LogP contribution in [-0.2, 0) is 16.0 Å². The Hall–Kier alpha value is -2.13. The van der Waals surface area contributed by atoms with Crippen molar-refractivity contribution >= 4 is 5.91 Å². The van der Waals surface area contributed by atoms with E-state index in [0.717, 1.165) is 11.1 Å². The first-order valence-corrected chi connectivity index (χ1v) is 6.37. The second-order valence-electron chi connectivity index (χ2n) is 4.61. The summed E-state index contributed by atoms with van der Waals surface area (Å²) in [6, 6.07) is 19.6. The van der Waals surface area contributed by atoms with Crippen LogP contribution >= 0.6 is 0 Å². The zero-order valence-corrected chi connectivity index (χ0v) is 10.5. The van der Waals surface area contributed by atoms with E-state index in [4.69, 9.17) is 4.74 Å². The molecule has 2 atom stereocenters. The molecule has 1 aliphatic heterocycles. The summed E-state index contributed by atoms with van der Waals surface area (Å²) in [5, 5.41) is 2.88. The lowest BCUT2D eigenvalue weighted by Gasteiger charge is -2.11.